The average molecular weight is 370 g/mol. The smallest absolute Gasteiger partial charge is 0.278 e. The number of thioether (sulfide) groups is 1. The van der Waals surface area contributed by atoms with Crippen LogP contribution in [0.3, 0.4) is 0 Å². The molecule has 0 unspecified atom stereocenters. The van der Waals surface area contributed by atoms with E-state index in [0.717, 1.165) is 17.8 Å². The van der Waals surface area contributed by atoms with Gasteiger partial charge in [-0.05, 0) is 44.0 Å². The Hall–Kier alpha value is -2.54. The number of aryl methyl sites for hydroxylation is 2. The number of hydrogen-bond donors (Lipinski definition) is 2. The highest BCUT2D eigenvalue weighted by molar-refractivity contribution is 7.99. The number of carbonyl (C=O) groups is 1. The summed E-state index contributed by atoms with van der Waals surface area (Å²) in [6.07, 6.45) is 0.964. The van der Waals surface area contributed by atoms with E-state index < -0.39 is 0 Å². The van der Waals surface area contributed by atoms with Gasteiger partial charge in [0.05, 0.1) is 11.3 Å². The fraction of sp³-hybridized carbons (Fsp3) is 0.316. The third-order valence-corrected chi connectivity index (χ3v) is 5.11. The SMILES string of the molecule is CCc1ccc(NC(=O)CSc2nc3cc(C)[nH]c3c(=O)n2CC)cc1. The highest BCUT2D eigenvalue weighted by Gasteiger charge is 2.14. The highest BCUT2D eigenvalue weighted by Crippen LogP contribution is 2.19. The van der Waals surface area contributed by atoms with Crippen molar-refractivity contribution in [3.8, 4) is 0 Å². The van der Waals surface area contributed by atoms with Gasteiger partial charge < -0.3 is 10.3 Å². The Balaban J connectivity index is 1.73. The molecule has 3 rings (SSSR count). The fourth-order valence-electron chi connectivity index (χ4n) is 2.75. The number of hydrogen-bond acceptors (Lipinski definition) is 4. The van der Waals surface area contributed by atoms with Crippen molar-refractivity contribution in [1.82, 2.24) is 14.5 Å². The topological polar surface area (TPSA) is 79.8 Å². The van der Waals surface area contributed by atoms with Crippen molar-refractivity contribution in [1.29, 1.82) is 0 Å². The number of aromatic nitrogens is 3. The summed E-state index contributed by atoms with van der Waals surface area (Å²) >= 11 is 1.27. The largest absolute Gasteiger partial charge is 0.353 e. The quantitative estimate of drug-likeness (QED) is 0.515. The minimum Gasteiger partial charge on any atom is -0.353 e. The first-order chi connectivity index (χ1) is 12.5. The van der Waals surface area contributed by atoms with E-state index in [1.165, 1.54) is 17.3 Å². The van der Waals surface area contributed by atoms with E-state index in [9.17, 15) is 9.59 Å². The molecule has 0 saturated heterocycles. The maximum Gasteiger partial charge on any atom is 0.278 e. The fourth-order valence-corrected chi connectivity index (χ4v) is 3.61. The van der Waals surface area contributed by atoms with Crippen LogP contribution in [0.1, 0.15) is 25.1 Å². The van der Waals surface area contributed by atoms with Gasteiger partial charge in [0.25, 0.3) is 5.56 Å². The van der Waals surface area contributed by atoms with Crippen LogP contribution in [0, 0.1) is 6.92 Å². The molecule has 0 aliphatic carbocycles. The third-order valence-electron chi connectivity index (χ3n) is 4.13. The van der Waals surface area contributed by atoms with E-state index in [1.807, 2.05) is 44.2 Å². The highest BCUT2D eigenvalue weighted by atomic mass is 32.2. The molecule has 0 aliphatic rings. The molecule has 0 atom stereocenters. The number of nitrogens with zero attached hydrogens (tertiary/aromatic N) is 2. The van der Waals surface area contributed by atoms with Crippen LogP contribution in [0.15, 0.2) is 40.3 Å². The summed E-state index contributed by atoms with van der Waals surface area (Å²) in [4.78, 5) is 32.4. The van der Waals surface area contributed by atoms with Gasteiger partial charge in [-0.3, -0.25) is 14.2 Å². The first-order valence-corrected chi connectivity index (χ1v) is 9.62. The molecule has 3 aromatic rings. The predicted molar refractivity (Wildman–Crippen MR) is 106 cm³/mol. The molecule has 0 saturated carbocycles. The molecule has 2 N–H and O–H groups in total. The van der Waals surface area contributed by atoms with Crippen molar-refractivity contribution >= 4 is 34.4 Å². The summed E-state index contributed by atoms with van der Waals surface area (Å²) in [5.74, 6) is 0.0677. The van der Waals surface area contributed by atoms with E-state index in [-0.39, 0.29) is 17.2 Å². The zero-order valence-electron chi connectivity index (χ0n) is 15.1. The first-order valence-electron chi connectivity index (χ1n) is 8.63. The van der Waals surface area contributed by atoms with Gasteiger partial charge in [0, 0.05) is 17.9 Å². The van der Waals surface area contributed by atoms with Crippen LogP contribution < -0.4 is 10.9 Å². The summed E-state index contributed by atoms with van der Waals surface area (Å²) in [6, 6.07) is 9.64. The second kappa shape index (κ2) is 7.78. The Morgan fingerprint density at radius 3 is 2.65 bits per heavy atom. The molecule has 26 heavy (non-hydrogen) atoms. The number of benzene rings is 1. The van der Waals surface area contributed by atoms with Crippen LogP contribution in [0.25, 0.3) is 11.0 Å². The number of aromatic amines is 1. The number of carbonyl (C=O) groups excluding carboxylic acids is 1. The van der Waals surface area contributed by atoms with Crippen LogP contribution in [0.4, 0.5) is 5.69 Å². The molecule has 0 radical (unpaired) electrons. The molecular weight excluding hydrogens is 348 g/mol. The summed E-state index contributed by atoms with van der Waals surface area (Å²) in [5.41, 5.74) is 3.92. The molecule has 2 heterocycles. The Labute approximate surface area is 156 Å². The molecule has 6 nitrogen and oxygen atoms in total. The summed E-state index contributed by atoms with van der Waals surface area (Å²) in [5, 5.41) is 3.43. The minimum absolute atomic E-state index is 0.108. The molecule has 7 heteroatoms. The van der Waals surface area contributed by atoms with Crippen molar-refractivity contribution in [2.45, 2.75) is 38.9 Å². The first kappa shape index (κ1) is 18.3. The van der Waals surface area contributed by atoms with Gasteiger partial charge in [0.1, 0.15) is 5.52 Å². The van der Waals surface area contributed by atoms with Crippen LogP contribution >= 0.6 is 11.8 Å². The number of H-pyrrole nitrogens is 1. The van der Waals surface area contributed by atoms with Gasteiger partial charge in [-0.1, -0.05) is 30.8 Å². The maximum absolute atomic E-state index is 12.6. The molecule has 0 spiro atoms. The zero-order valence-corrected chi connectivity index (χ0v) is 15.9. The van der Waals surface area contributed by atoms with Crippen LogP contribution in [0.5, 0.6) is 0 Å². The van der Waals surface area contributed by atoms with Crippen LogP contribution in [-0.2, 0) is 17.8 Å². The Kier molecular flexibility index (Phi) is 5.46. The van der Waals surface area contributed by atoms with Gasteiger partial charge in [-0.25, -0.2) is 4.98 Å². The number of fused-ring (bicyclic) bond motifs is 1. The lowest BCUT2D eigenvalue weighted by Crippen LogP contribution is -2.23. The molecule has 1 amide bonds. The van der Waals surface area contributed by atoms with Crippen molar-refractivity contribution in [2.24, 2.45) is 0 Å². The lowest BCUT2D eigenvalue weighted by atomic mass is 10.1. The van der Waals surface area contributed by atoms with Gasteiger partial charge in [0.2, 0.25) is 5.91 Å². The monoisotopic (exact) mass is 370 g/mol. The van der Waals surface area contributed by atoms with Crippen molar-refractivity contribution in [3.05, 3.63) is 51.9 Å². The average Bonchev–Trinajstić information content (AvgIpc) is 3.01. The number of amides is 1. The van der Waals surface area contributed by atoms with E-state index in [1.54, 1.807) is 4.57 Å². The summed E-state index contributed by atoms with van der Waals surface area (Å²) in [6.45, 7) is 6.38. The van der Waals surface area contributed by atoms with Crippen molar-refractivity contribution < 1.29 is 4.79 Å². The molecule has 0 fully saturated rings. The predicted octanol–water partition coefficient (Wildman–Crippen LogP) is 3.35. The molecule has 0 bridgehead atoms. The minimum atomic E-state index is -0.124. The van der Waals surface area contributed by atoms with Crippen LogP contribution in [-0.4, -0.2) is 26.2 Å². The Morgan fingerprint density at radius 2 is 2.00 bits per heavy atom. The summed E-state index contributed by atoms with van der Waals surface area (Å²) in [7, 11) is 0. The number of anilines is 1. The van der Waals surface area contributed by atoms with Crippen molar-refractivity contribution in [3.63, 3.8) is 0 Å². The normalized spacial score (nSPS) is 11.0. The van der Waals surface area contributed by atoms with E-state index in [0.29, 0.717) is 22.7 Å². The second-order valence-corrected chi connectivity index (χ2v) is 6.99. The van der Waals surface area contributed by atoms with Crippen molar-refractivity contribution in [2.75, 3.05) is 11.1 Å². The molecule has 0 aliphatic heterocycles. The van der Waals surface area contributed by atoms with Gasteiger partial charge in [-0.2, -0.15) is 0 Å². The van der Waals surface area contributed by atoms with E-state index in [2.05, 4.69) is 22.2 Å². The molecule has 1 aromatic carbocycles. The van der Waals surface area contributed by atoms with Crippen LogP contribution in [0.2, 0.25) is 0 Å². The number of nitrogens with one attached hydrogen (secondary N) is 2. The number of rotatable bonds is 6. The Morgan fingerprint density at radius 1 is 1.27 bits per heavy atom. The zero-order chi connectivity index (χ0) is 18.7. The molecule has 2 aromatic heterocycles. The van der Waals surface area contributed by atoms with Gasteiger partial charge >= 0.3 is 0 Å². The van der Waals surface area contributed by atoms with Gasteiger partial charge in [0.15, 0.2) is 5.16 Å². The molecular formula is C19H22N4O2S. The lowest BCUT2D eigenvalue weighted by Gasteiger charge is -2.10. The maximum atomic E-state index is 12.6. The third kappa shape index (κ3) is 3.83. The lowest BCUT2D eigenvalue weighted by molar-refractivity contribution is -0.113. The second-order valence-electron chi connectivity index (χ2n) is 6.04. The van der Waals surface area contributed by atoms with E-state index >= 15 is 0 Å². The molecule has 136 valence electrons. The summed E-state index contributed by atoms with van der Waals surface area (Å²) < 4.78 is 1.59. The van der Waals surface area contributed by atoms with Gasteiger partial charge in [-0.15, -0.1) is 0 Å². The van der Waals surface area contributed by atoms with E-state index in [4.69, 9.17) is 0 Å². The standard InChI is InChI=1S/C19H22N4O2S/c1-4-13-6-8-14(9-7-13)21-16(24)11-26-19-22-15-10-12(3)20-17(15)18(25)23(19)5-2/h6-10,20H,4-5,11H2,1-3H3,(H,21,24). The Bertz CT molecular complexity index is 989.